The van der Waals surface area contributed by atoms with Crippen LogP contribution in [0.4, 0.5) is 5.82 Å². The molecule has 122 valence electrons. The van der Waals surface area contributed by atoms with Crippen LogP contribution in [-0.2, 0) is 13.0 Å². The highest BCUT2D eigenvalue weighted by Crippen LogP contribution is 2.22. The van der Waals surface area contributed by atoms with Gasteiger partial charge in [0, 0.05) is 37.1 Å². The lowest BCUT2D eigenvalue weighted by molar-refractivity contribution is 1.05. The number of hydrogen-bond donors (Lipinski definition) is 1. The zero-order chi connectivity index (χ0) is 16.9. The second-order valence-corrected chi connectivity index (χ2v) is 6.38. The molecule has 0 unspecified atom stereocenters. The first-order valence-electron chi connectivity index (χ1n) is 7.19. The average molecular weight is 380 g/mol. The molecule has 0 saturated carbocycles. The van der Waals surface area contributed by atoms with E-state index in [9.17, 15) is 0 Å². The third-order valence-electron chi connectivity index (χ3n) is 3.37. The molecule has 7 heteroatoms. The molecule has 0 radical (unpaired) electrons. The molecule has 0 spiro atoms. The van der Waals surface area contributed by atoms with E-state index in [0.717, 1.165) is 22.5 Å². The van der Waals surface area contributed by atoms with Crippen LogP contribution in [0.5, 0.6) is 0 Å². The molecule has 3 heterocycles. The zero-order valence-corrected chi connectivity index (χ0v) is 14.8. The van der Waals surface area contributed by atoms with Crippen molar-refractivity contribution < 1.29 is 0 Å². The Kier molecular flexibility index (Phi) is 5.51. The molecular formula is C17H13Cl3N4. The van der Waals surface area contributed by atoms with E-state index in [1.165, 1.54) is 0 Å². The van der Waals surface area contributed by atoms with Crippen LogP contribution >= 0.6 is 34.8 Å². The summed E-state index contributed by atoms with van der Waals surface area (Å²) in [5, 5.41) is 4.84. The maximum absolute atomic E-state index is 6.09. The van der Waals surface area contributed by atoms with Crippen LogP contribution in [0, 0.1) is 0 Å². The van der Waals surface area contributed by atoms with E-state index in [2.05, 4.69) is 20.3 Å². The van der Waals surface area contributed by atoms with E-state index >= 15 is 0 Å². The van der Waals surface area contributed by atoms with Crippen LogP contribution < -0.4 is 5.32 Å². The highest BCUT2D eigenvalue weighted by atomic mass is 35.5. The summed E-state index contributed by atoms with van der Waals surface area (Å²) in [5.74, 6) is 0.768. The number of nitrogens with one attached hydrogen (secondary N) is 1. The minimum absolute atomic E-state index is 0.469. The Labute approximate surface area is 154 Å². The SMILES string of the molecule is Clc1cnc(NCc2ccc(Cl)nc2)c(Cc2ccc(Cl)nc2)c1. The minimum Gasteiger partial charge on any atom is -0.366 e. The molecule has 24 heavy (non-hydrogen) atoms. The number of anilines is 1. The van der Waals surface area contributed by atoms with Gasteiger partial charge in [-0.3, -0.25) is 0 Å². The molecule has 1 N–H and O–H groups in total. The Balaban J connectivity index is 1.77. The predicted octanol–water partition coefficient (Wildman–Crippen LogP) is 5.03. The summed E-state index contributed by atoms with van der Waals surface area (Å²) in [7, 11) is 0. The first-order chi connectivity index (χ1) is 11.6. The summed E-state index contributed by atoms with van der Waals surface area (Å²) in [6.45, 7) is 0.588. The summed E-state index contributed by atoms with van der Waals surface area (Å²) in [5.41, 5.74) is 3.02. The second kappa shape index (κ2) is 7.79. The number of hydrogen-bond acceptors (Lipinski definition) is 4. The molecule has 3 rings (SSSR count). The quantitative estimate of drug-likeness (QED) is 0.631. The standard InChI is InChI=1S/C17H13Cl3N4/c18-14-6-13(5-11-1-3-15(19)21-7-11)17(24-10-14)23-9-12-2-4-16(20)22-8-12/h1-4,6-8,10H,5,9H2,(H,23,24). The molecule has 3 aromatic rings. The van der Waals surface area contributed by atoms with Gasteiger partial charge in [0.15, 0.2) is 0 Å². The van der Waals surface area contributed by atoms with Crippen LogP contribution in [-0.4, -0.2) is 15.0 Å². The van der Waals surface area contributed by atoms with Gasteiger partial charge in [-0.15, -0.1) is 0 Å². The fourth-order valence-electron chi connectivity index (χ4n) is 2.20. The Morgan fingerprint density at radius 2 is 1.46 bits per heavy atom. The first-order valence-corrected chi connectivity index (χ1v) is 8.33. The van der Waals surface area contributed by atoms with E-state index in [0.29, 0.717) is 28.3 Å². The topological polar surface area (TPSA) is 50.7 Å². The van der Waals surface area contributed by atoms with Crippen molar-refractivity contribution in [1.29, 1.82) is 0 Å². The lowest BCUT2D eigenvalue weighted by atomic mass is 10.1. The van der Waals surface area contributed by atoms with E-state index < -0.39 is 0 Å². The molecule has 3 aromatic heterocycles. The van der Waals surface area contributed by atoms with Gasteiger partial charge in [-0.1, -0.05) is 46.9 Å². The Bertz CT molecular complexity index is 820. The van der Waals surface area contributed by atoms with Crippen molar-refractivity contribution in [2.24, 2.45) is 0 Å². The molecule has 0 atom stereocenters. The number of nitrogens with zero attached hydrogens (tertiary/aromatic N) is 3. The van der Waals surface area contributed by atoms with Crippen LogP contribution in [0.1, 0.15) is 16.7 Å². The maximum Gasteiger partial charge on any atom is 0.129 e. The van der Waals surface area contributed by atoms with E-state index in [-0.39, 0.29) is 0 Å². The van der Waals surface area contributed by atoms with Crippen molar-refractivity contribution in [2.75, 3.05) is 5.32 Å². The Morgan fingerprint density at radius 3 is 2.08 bits per heavy atom. The van der Waals surface area contributed by atoms with Crippen molar-refractivity contribution in [2.45, 2.75) is 13.0 Å². The Hall–Kier alpha value is -1.88. The molecule has 0 saturated heterocycles. The largest absolute Gasteiger partial charge is 0.366 e. The van der Waals surface area contributed by atoms with Gasteiger partial charge in [0.1, 0.15) is 16.1 Å². The van der Waals surface area contributed by atoms with Crippen LogP contribution in [0.2, 0.25) is 15.3 Å². The maximum atomic E-state index is 6.09. The lowest BCUT2D eigenvalue weighted by Gasteiger charge is -2.12. The van der Waals surface area contributed by atoms with Gasteiger partial charge in [-0.25, -0.2) is 15.0 Å². The number of aromatic nitrogens is 3. The van der Waals surface area contributed by atoms with Crippen molar-refractivity contribution in [3.05, 3.63) is 80.9 Å². The second-order valence-electron chi connectivity index (χ2n) is 5.17. The highest BCUT2D eigenvalue weighted by molar-refractivity contribution is 6.30. The molecule has 0 fully saturated rings. The Morgan fingerprint density at radius 1 is 0.792 bits per heavy atom. The highest BCUT2D eigenvalue weighted by Gasteiger charge is 2.07. The van der Waals surface area contributed by atoms with Gasteiger partial charge >= 0.3 is 0 Å². The first kappa shape index (κ1) is 17.0. The van der Waals surface area contributed by atoms with Gasteiger partial charge < -0.3 is 5.32 Å². The molecule has 4 nitrogen and oxygen atoms in total. The van der Waals surface area contributed by atoms with Crippen molar-refractivity contribution >= 4 is 40.6 Å². The van der Waals surface area contributed by atoms with Gasteiger partial charge in [-0.05, 0) is 29.3 Å². The molecule has 0 aromatic carbocycles. The third kappa shape index (κ3) is 4.57. The fraction of sp³-hybridized carbons (Fsp3) is 0.118. The molecule has 0 aliphatic carbocycles. The van der Waals surface area contributed by atoms with Crippen LogP contribution in [0.3, 0.4) is 0 Å². The number of rotatable bonds is 5. The minimum atomic E-state index is 0.469. The predicted molar refractivity (Wildman–Crippen MR) is 97.9 cm³/mol. The molecule has 0 bridgehead atoms. The summed E-state index contributed by atoms with van der Waals surface area (Å²) < 4.78 is 0. The van der Waals surface area contributed by atoms with Crippen molar-refractivity contribution in [3.8, 4) is 0 Å². The van der Waals surface area contributed by atoms with Gasteiger partial charge in [-0.2, -0.15) is 0 Å². The number of pyridine rings is 3. The number of halogens is 3. The molecule has 0 aliphatic rings. The fourth-order valence-corrected chi connectivity index (χ4v) is 2.61. The third-order valence-corrected chi connectivity index (χ3v) is 4.02. The lowest BCUT2D eigenvalue weighted by Crippen LogP contribution is -2.05. The van der Waals surface area contributed by atoms with Crippen LogP contribution in [0.15, 0.2) is 48.9 Å². The van der Waals surface area contributed by atoms with Gasteiger partial charge in [0.2, 0.25) is 0 Å². The smallest absolute Gasteiger partial charge is 0.129 e. The summed E-state index contributed by atoms with van der Waals surface area (Å²) in [6.07, 6.45) is 5.75. The van der Waals surface area contributed by atoms with Gasteiger partial charge in [0.05, 0.1) is 5.02 Å². The van der Waals surface area contributed by atoms with Crippen molar-refractivity contribution in [3.63, 3.8) is 0 Å². The van der Waals surface area contributed by atoms with E-state index in [1.807, 2.05) is 18.2 Å². The summed E-state index contributed by atoms with van der Waals surface area (Å²) in [6, 6.07) is 9.27. The molecule has 0 aliphatic heterocycles. The molecule has 0 amide bonds. The van der Waals surface area contributed by atoms with Crippen LogP contribution in [0.25, 0.3) is 0 Å². The van der Waals surface area contributed by atoms with Crippen molar-refractivity contribution in [1.82, 2.24) is 15.0 Å². The van der Waals surface area contributed by atoms with Gasteiger partial charge in [0.25, 0.3) is 0 Å². The average Bonchev–Trinajstić information content (AvgIpc) is 2.58. The summed E-state index contributed by atoms with van der Waals surface area (Å²) in [4.78, 5) is 12.6. The zero-order valence-electron chi connectivity index (χ0n) is 12.5. The summed E-state index contributed by atoms with van der Waals surface area (Å²) >= 11 is 17.7. The van der Waals surface area contributed by atoms with E-state index in [4.69, 9.17) is 34.8 Å². The normalized spacial score (nSPS) is 10.6. The monoisotopic (exact) mass is 378 g/mol. The molecular weight excluding hydrogens is 367 g/mol. The van der Waals surface area contributed by atoms with E-state index in [1.54, 1.807) is 30.7 Å².